The molecular weight excluding hydrogens is 339 g/mol. The molecule has 0 unspecified atom stereocenters. The van der Waals surface area contributed by atoms with E-state index in [9.17, 15) is 17.6 Å². The van der Waals surface area contributed by atoms with Crippen molar-refractivity contribution in [1.82, 2.24) is 4.31 Å². The molecule has 1 aromatic heterocycles. The van der Waals surface area contributed by atoms with Gasteiger partial charge in [-0.15, -0.1) is 11.3 Å². The molecule has 1 aliphatic heterocycles. The van der Waals surface area contributed by atoms with Crippen molar-refractivity contribution >= 4 is 33.0 Å². The van der Waals surface area contributed by atoms with Crippen molar-refractivity contribution in [2.75, 3.05) is 18.4 Å². The maximum absolute atomic E-state index is 12.8. The van der Waals surface area contributed by atoms with E-state index in [4.69, 9.17) is 0 Å². The van der Waals surface area contributed by atoms with Gasteiger partial charge in [0.2, 0.25) is 10.0 Å². The van der Waals surface area contributed by atoms with Crippen LogP contribution in [0, 0.1) is 5.82 Å². The molecule has 23 heavy (non-hydrogen) atoms. The van der Waals surface area contributed by atoms with E-state index in [-0.39, 0.29) is 4.90 Å². The summed E-state index contributed by atoms with van der Waals surface area (Å²) in [5.41, 5.74) is 0.453. The number of carbonyl (C=O) groups is 1. The number of sulfonamides is 1. The molecule has 1 amide bonds. The third-order valence-corrected chi connectivity index (χ3v) is 6.56. The summed E-state index contributed by atoms with van der Waals surface area (Å²) in [5, 5.41) is 4.10. The van der Waals surface area contributed by atoms with Crippen LogP contribution in [0.3, 0.4) is 0 Å². The molecule has 122 valence electrons. The lowest BCUT2D eigenvalue weighted by molar-refractivity contribution is 0.103. The van der Waals surface area contributed by atoms with Crippen LogP contribution in [0.1, 0.15) is 22.5 Å². The molecule has 2 aromatic rings. The Bertz CT molecular complexity index is 810. The molecule has 5 nitrogen and oxygen atoms in total. The topological polar surface area (TPSA) is 66.5 Å². The second-order valence-corrected chi connectivity index (χ2v) is 8.07. The molecule has 2 heterocycles. The summed E-state index contributed by atoms with van der Waals surface area (Å²) in [7, 11) is -3.52. The zero-order valence-electron chi connectivity index (χ0n) is 12.2. The van der Waals surface area contributed by atoms with Crippen LogP contribution >= 0.6 is 11.3 Å². The van der Waals surface area contributed by atoms with Crippen molar-refractivity contribution < 1.29 is 17.6 Å². The van der Waals surface area contributed by atoms with Gasteiger partial charge in [0.05, 0.1) is 9.77 Å². The Morgan fingerprint density at radius 1 is 1.17 bits per heavy atom. The van der Waals surface area contributed by atoms with Gasteiger partial charge >= 0.3 is 0 Å². The Morgan fingerprint density at radius 2 is 1.83 bits per heavy atom. The quantitative estimate of drug-likeness (QED) is 0.918. The fourth-order valence-electron chi connectivity index (χ4n) is 2.38. The highest BCUT2D eigenvalue weighted by Gasteiger charge is 2.28. The minimum atomic E-state index is -3.52. The van der Waals surface area contributed by atoms with Gasteiger partial charge in [-0.05, 0) is 43.2 Å². The summed E-state index contributed by atoms with van der Waals surface area (Å²) in [6.45, 7) is 1.05. The van der Waals surface area contributed by atoms with Crippen LogP contribution in [0.4, 0.5) is 10.1 Å². The Kier molecular flexibility index (Phi) is 4.47. The average Bonchev–Trinajstić information content (AvgIpc) is 3.21. The first kappa shape index (κ1) is 16.1. The van der Waals surface area contributed by atoms with Gasteiger partial charge in [-0.25, -0.2) is 12.8 Å². The molecule has 1 fully saturated rings. The third kappa shape index (κ3) is 3.44. The van der Waals surface area contributed by atoms with Crippen LogP contribution in [0.2, 0.25) is 0 Å². The van der Waals surface area contributed by atoms with E-state index in [1.807, 2.05) is 0 Å². The summed E-state index contributed by atoms with van der Waals surface area (Å²) in [6.07, 6.45) is 1.72. The van der Waals surface area contributed by atoms with E-state index in [0.717, 1.165) is 24.2 Å². The van der Waals surface area contributed by atoms with E-state index >= 15 is 0 Å². The second-order valence-electron chi connectivity index (χ2n) is 5.22. The number of hydrogen-bond donors (Lipinski definition) is 1. The Morgan fingerprint density at radius 3 is 2.48 bits per heavy atom. The molecule has 8 heteroatoms. The second kappa shape index (κ2) is 6.38. The lowest BCUT2D eigenvalue weighted by atomic mass is 10.3. The van der Waals surface area contributed by atoms with E-state index in [1.165, 1.54) is 40.0 Å². The molecule has 1 aliphatic rings. The first-order valence-electron chi connectivity index (χ1n) is 7.12. The number of hydrogen-bond acceptors (Lipinski definition) is 4. The van der Waals surface area contributed by atoms with Crippen molar-refractivity contribution in [3.05, 3.63) is 46.4 Å². The maximum Gasteiger partial charge on any atom is 0.265 e. The van der Waals surface area contributed by atoms with Crippen molar-refractivity contribution in [1.29, 1.82) is 0 Å². The van der Waals surface area contributed by atoms with Crippen LogP contribution in [-0.2, 0) is 10.0 Å². The number of thiophene rings is 1. The first-order chi connectivity index (χ1) is 11.0. The molecular formula is C15H15FN2O3S2. The first-order valence-corrected chi connectivity index (χ1v) is 9.44. The molecule has 0 saturated carbocycles. The van der Waals surface area contributed by atoms with E-state index < -0.39 is 21.7 Å². The summed E-state index contributed by atoms with van der Waals surface area (Å²) in [4.78, 5) is 12.6. The highest BCUT2D eigenvalue weighted by molar-refractivity contribution is 7.89. The minimum Gasteiger partial charge on any atom is -0.321 e. The molecule has 1 saturated heterocycles. The fraction of sp³-hybridized carbons (Fsp3) is 0.267. The smallest absolute Gasteiger partial charge is 0.265 e. The number of halogens is 1. The van der Waals surface area contributed by atoms with E-state index in [2.05, 4.69) is 5.32 Å². The summed E-state index contributed by atoms with van der Waals surface area (Å²) in [5.74, 6) is -0.803. The minimum absolute atomic E-state index is 0.147. The number of nitrogens with zero attached hydrogens (tertiary/aromatic N) is 1. The Hall–Kier alpha value is -1.77. The average molecular weight is 354 g/mol. The van der Waals surface area contributed by atoms with Crippen molar-refractivity contribution in [2.24, 2.45) is 0 Å². The molecule has 1 aromatic carbocycles. The van der Waals surface area contributed by atoms with Crippen molar-refractivity contribution in [2.45, 2.75) is 17.7 Å². The van der Waals surface area contributed by atoms with Gasteiger partial charge in [0, 0.05) is 24.2 Å². The predicted molar refractivity (Wildman–Crippen MR) is 86.7 cm³/mol. The Labute approximate surface area is 137 Å². The molecule has 0 bridgehead atoms. The lowest BCUT2D eigenvalue weighted by Crippen LogP contribution is -2.27. The SMILES string of the molecule is O=C(Nc1ccc(F)cc1)c1cc(S(=O)(=O)N2CCCC2)cs1. The molecule has 0 aliphatic carbocycles. The van der Waals surface area contributed by atoms with Gasteiger partial charge in [-0.1, -0.05) is 0 Å². The van der Waals surface area contributed by atoms with Gasteiger partial charge in [0.1, 0.15) is 5.82 Å². The summed E-state index contributed by atoms with van der Waals surface area (Å²) in [6, 6.07) is 6.77. The highest BCUT2D eigenvalue weighted by Crippen LogP contribution is 2.26. The molecule has 0 radical (unpaired) electrons. The predicted octanol–water partition coefficient (Wildman–Crippen LogP) is 2.92. The van der Waals surface area contributed by atoms with Crippen LogP contribution < -0.4 is 5.32 Å². The molecule has 0 spiro atoms. The van der Waals surface area contributed by atoms with Gasteiger partial charge in [-0.3, -0.25) is 4.79 Å². The van der Waals surface area contributed by atoms with Gasteiger partial charge in [0.25, 0.3) is 5.91 Å². The normalized spacial score (nSPS) is 15.7. The summed E-state index contributed by atoms with van der Waals surface area (Å²) >= 11 is 1.07. The molecule has 0 atom stereocenters. The number of carbonyl (C=O) groups excluding carboxylic acids is 1. The van der Waals surface area contributed by atoms with Crippen molar-refractivity contribution in [3.63, 3.8) is 0 Å². The molecule has 3 rings (SSSR count). The third-order valence-electron chi connectivity index (χ3n) is 3.60. The maximum atomic E-state index is 12.8. The van der Waals surface area contributed by atoms with E-state index in [0.29, 0.717) is 23.7 Å². The highest BCUT2D eigenvalue weighted by atomic mass is 32.2. The molecule has 1 N–H and O–H groups in total. The number of anilines is 1. The number of nitrogens with one attached hydrogen (secondary N) is 1. The van der Waals surface area contributed by atoms with E-state index in [1.54, 1.807) is 0 Å². The largest absolute Gasteiger partial charge is 0.321 e. The van der Waals surface area contributed by atoms with Crippen molar-refractivity contribution in [3.8, 4) is 0 Å². The van der Waals surface area contributed by atoms with Crippen LogP contribution in [0.5, 0.6) is 0 Å². The lowest BCUT2D eigenvalue weighted by Gasteiger charge is -2.13. The zero-order chi connectivity index (χ0) is 16.4. The number of benzene rings is 1. The van der Waals surface area contributed by atoms with Gasteiger partial charge in [-0.2, -0.15) is 4.31 Å². The van der Waals surface area contributed by atoms with Crippen LogP contribution in [-0.4, -0.2) is 31.7 Å². The number of rotatable bonds is 4. The van der Waals surface area contributed by atoms with Gasteiger partial charge < -0.3 is 5.32 Å². The van der Waals surface area contributed by atoms with Gasteiger partial charge in [0.15, 0.2) is 0 Å². The standard InChI is InChI=1S/C15H15FN2O3S2/c16-11-3-5-12(6-4-11)17-15(19)14-9-13(10-22-14)23(20,21)18-7-1-2-8-18/h3-6,9-10H,1-2,7-8H2,(H,17,19). The summed E-state index contributed by atoms with van der Waals surface area (Å²) < 4.78 is 39.1. The van der Waals surface area contributed by atoms with Crippen LogP contribution in [0.15, 0.2) is 40.6 Å². The van der Waals surface area contributed by atoms with Crippen LogP contribution in [0.25, 0.3) is 0 Å². The monoisotopic (exact) mass is 354 g/mol. The Balaban J connectivity index is 1.76. The zero-order valence-corrected chi connectivity index (χ0v) is 13.8. The number of amides is 1. The fourth-order valence-corrected chi connectivity index (χ4v) is 5.05.